The van der Waals surface area contributed by atoms with E-state index >= 15 is 0 Å². The van der Waals surface area contributed by atoms with Crippen LogP contribution in [0.25, 0.3) is 0 Å². The summed E-state index contributed by atoms with van der Waals surface area (Å²) in [6.07, 6.45) is 0.779. The molecule has 2 aromatic rings. The van der Waals surface area contributed by atoms with Crippen molar-refractivity contribution in [3.8, 4) is 0 Å². The van der Waals surface area contributed by atoms with Crippen LogP contribution < -0.4 is 20.1 Å². The first-order chi connectivity index (χ1) is 25.4. The minimum atomic E-state index is -3.93. The van der Waals surface area contributed by atoms with Crippen molar-refractivity contribution >= 4 is 55.1 Å². The SMILES string of the molecule is CC(=O)Nc1cccc(S(=O)(=O)N[C@@H](CC(C)C)C(=O)N2CCOCC2)c1.CC(=O)Nc1cccc(S(=O)(=O)N[C@@H](CC(C)C)C(=O)N2CCOCC2)c1. The number of nitrogens with one attached hydrogen (secondary N) is 4. The molecule has 0 spiro atoms. The van der Waals surface area contributed by atoms with E-state index in [0.717, 1.165) is 0 Å². The van der Waals surface area contributed by atoms with Crippen molar-refractivity contribution in [3.05, 3.63) is 48.5 Å². The normalized spacial score (nSPS) is 16.2. The van der Waals surface area contributed by atoms with Crippen molar-refractivity contribution in [2.45, 2.75) is 76.3 Å². The first-order valence-corrected chi connectivity index (χ1v) is 20.9. The number of rotatable bonds is 14. The minimum absolute atomic E-state index is 0.00252. The number of carbonyl (C=O) groups is 4. The summed E-state index contributed by atoms with van der Waals surface area (Å²) in [5.74, 6) is -0.806. The zero-order chi connectivity index (χ0) is 40.1. The number of ether oxygens (including phenoxy) is 2. The Balaban J connectivity index is 0.000000290. The number of hydrogen-bond donors (Lipinski definition) is 4. The van der Waals surface area contributed by atoms with Gasteiger partial charge in [-0.1, -0.05) is 39.8 Å². The van der Waals surface area contributed by atoms with Crippen molar-refractivity contribution in [2.75, 3.05) is 63.2 Å². The Bertz CT molecular complexity index is 1680. The molecule has 0 saturated carbocycles. The highest BCUT2D eigenvalue weighted by atomic mass is 32.2. The quantitative estimate of drug-likeness (QED) is 0.220. The summed E-state index contributed by atoms with van der Waals surface area (Å²) < 4.78 is 66.9. The lowest BCUT2D eigenvalue weighted by molar-refractivity contribution is -0.138. The molecule has 2 aromatic carbocycles. The van der Waals surface area contributed by atoms with Gasteiger partial charge in [-0.3, -0.25) is 19.2 Å². The molecule has 4 rings (SSSR count). The predicted molar refractivity (Wildman–Crippen MR) is 203 cm³/mol. The standard InChI is InChI=1S/2C18H27N3O5S/c2*1-13(2)11-17(18(23)21-7-9-26-10-8-21)20-27(24,25)16-6-4-5-15(12-16)19-14(3)22/h2*4-6,12-13,17,20H,7-11H2,1-3H3,(H,19,22)/t2*17-/m00/s1. The Morgan fingerprint density at radius 1 is 0.611 bits per heavy atom. The average Bonchev–Trinajstić information content (AvgIpc) is 3.10. The number of amides is 4. The first-order valence-electron chi connectivity index (χ1n) is 17.9. The molecular weight excluding hydrogens is 741 g/mol. The van der Waals surface area contributed by atoms with Crippen molar-refractivity contribution in [1.82, 2.24) is 19.2 Å². The molecule has 0 bridgehead atoms. The van der Waals surface area contributed by atoms with E-state index in [2.05, 4.69) is 20.1 Å². The van der Waals surface area contributed by atoms with Crippen molar-refractivity contribution in [2.24, 2.45) is 11.8 Å². The van der Waals surface area contributed by atoms with Gasteiger partial charge in [0.2, 0.25) is 43.7 Å². The molecule has 2 atom stereocenters. The predicted octanol–water partition coefficient (Wildman–Crippen LogP) is 2.39. The second-order valence-electron chi connectivity index (χ2n) is 13.9. The van der Waals surface area contributed by atoms with Crippen LogP contribution in [0.15, 0.2) is 58.3 Å². The summed E-state index contributed by atoms with van der Waals surface area (Å²) in [5.41, 5.74) is 0.760. The molecule has 4 amide bonds. The van der Waals surface area contributed by atoms with Crippen LogP contribution in [0.3, 0.4) is 0 Å². The third kappa shape index (κ3) is 14.4. The van der Waals surface area contributed by atoms with E-state index in [-0.39, 0.29) is 45.3 Å². The molecule has 16 nitrogen and oxygen atoms in total. The van der Waals surface area contributed by atoms with Gasteiger partial charge in [0.25, 0.3) is 0 Å². The summed E-state index contributed by atoms with van der Waals surface area (Å²) in [6, 6.07) is 10.2. The van der Waals surface area contributed by atoms with Gasteiger partial charge in [0, 0.05) is 51.4 Å². The zero-order valence-electron chi connectivity index (χ0n) is 31.8. The lowest BCUT2D eigenvalue weighted by Crippen LogP contribution is -2.52. The Morgan fingerprint density at radius 3 is 1.24 bits per heavy atom. The number of hydrogen-bond acceptors (Lipinski definition) is 10. The van der Waals surface area contributed by atoms with Gasteiger partial charge in [-0.2, -0.15) is 9.44 Å². The molecule has 2 aliphatic rings. The number of sulfonamides is 2. The van der Waals surface area contributed by atoms with E-state index in [4.69, 9.17) is 9.47 Å². The number of anilines is 2. The third-order valence-electron chi connectivity index (χ3n) is 8.18. The molecule has 4 N–H and O–H groups in total. The van der Waals surface area contributed by atoms with Crippen LogP contribution in [0.2, 0.25) is 0 Å². The van der Waals surface area contributed by atoms with E-state index < -0.39 is 32.1 Å². The Hall–Kier alpha value is -3.94. The van der Waals surface area contributed by atoms with Gasteiger partial charge < -0.3 is 29.9 Å². The smallest absolute Gasteiger partial charge is 0.241 e. The maximum atomic E-state index is 12.8. The van der Waals surface area contributed by atoms with Crippen LogP contribution >= 0.6 is 0 Å². The van der Waals surface area contributed by atoms with Crippen LogP contribution in [0.4, 0.5) is 11.4 Å². The van der Waals surface area contributed by atoms with Crippen LogP contribution in [0, 0.1) is 11.8 Å². The summed E-state index contributed by atoms with van der Waals surface area (Å²) in [7, 11) is -7.85. The number of benzene rings is 2. The van der Waals surface area contributed by atoms with Gasteiger partial charge in [-0.05, 0) is 61.1 Å². The lowest BCUT2D eigenvalue weighted by atomic mass is 10.0. The summed E-state index contributed by atoms with van der Waals surface area (Å²) in [5, 5.41) is 5.11. The van der Waals surface area contributed by atoms with Gasteiger partial charge in [0.15, 0.2) is 0 Å². The van der Waals surface area contributed by atoms with Crippen molar-refractivity contribution < 1.29 is 45.5 Å². The molecule has 0 aromatic heterocycles. The monoisotopic (exact) mass is 794 g/mol. The van der Waals surface area contributed by atoms with Gasteiger partial charge >= 0.3 is 0 Å². The average molecular weight is 795 g/mol. The first kappa shape index (κ1) is 44.5. The van der Waals surface area contributed by atoms with E-state index in [9.17, 15) is 36.0 Å². The van der Waals surface area contributed by atoms with E-state index in [0.29, 0.717) is 76.8 Å². The molecular formula is C36H54N6O10S2. The van der Waals surface area contributed by atoms with Crippen LogP contribution in [0.5, 0.6) is 0 Å². The fourth-order valence-corrected chi connectivity index (χ4v) is 8.24. The summed E-state index contributed by atoms with van der Waals surface area (Å²) in [6.45, 7) is 14.0. The highest BCUT2D eigenvalue weighted by Crippen LogP contribution is 2.20. The molecule has 18 heteroatoms. The summed E-state index contributed by atoms with van der Waals surface area (Å²) >= 11 is 0. The maximum absolute atomic E-state index is 12.8. The Morgan fingerprint density at radius 2 is 0.944 bits per heavy atom. The van der Waals surface area contributed by atoms with Crippen LogP contribution in [-0.2, 0) is 48.7 Å². The van der Waals surface area contributed by atoms with Gasteiger partial charge in [0.05, 0.1) is 36.2 Å². The highest BCUT2D eigenvalue weighted by Gasteiger charge is 2.32. The Labute approximate surface area is 318 Å². The third-order valence-corrected chi connectivity index (χ3v) is 11.1. The molecule has 2 saturated heterocycles. The van der Waals surface area contributed by atoms with Gasteiger partial charge in [0.1, 0.15) is 12.1 Å². The molecule has 300 valence electrons. The fourth-order valence-electron chi connectivity index (χ4n) is 5.75. The number of nitrogens with zero attached hydrogens (tertiary/aromatic N) is 2. The number of carbonyl (C=O) groups excluding carboxylic acids is 4. The van der Waals surface area contributed by atoms with Crippen molar-refractivity contribution in [3.63, 3.8) is 0 Å². The lowest BCUT2D eigenvalue weighted by Gasteiger charge is -2.31. The van der Waals surface area contributed by atoms with Gasteiger partial charge in [-0.15, -0.1) is 0 Å². The minimum Gasteiger partial charge on any atom is -0.378 e. The number of morpholine rings is 2. The summed E-state index contributed by atoms with van der Waals surface area (Å²) in [4.78, 5) is 51.3. The van der Waals surface area contributed by atoms with Crippen molar-refractivity contribution in [1.29, 1.82) is 0 Å². The van der Waals surface area contributed by atoms with Crippen LogP contribution in [-0.4, -0.2) is 115 Å². The molecule has 54 heavy (non-hydrogen) atoms. The second-order valence-corrected chi connectivity index (χ2v) is 17.3. The topological polar surface area (TPSA) is 210 Å². The maximum Gasteiger partial charge on any atom is 0.241 e. The largest absolute Gasteiger partial charge is 0.378 e. The molecule has 2 fully saturated rings. The molecule has 2 aliphatic heterocycles. The van der Waals surface area contributed by atoms with E-state index in [1.54, 1.807) is 34.1 Å². The zero-order valence-corrected chi connectivity index (χ0v) is 33.4. The molecule has 0 radical (unpaired) electrons. The molecule has 0 aliphatic carbocycles. The van der Waals surface area contributed by atoms with E-state index in [1.165, 1.54) is 38.1 Å². The second kappa shape index (κ2) is 20.7. The van der Waals surface area contributed by atoms with Crippen LogP contribution in [0.1, 0.15) is 54.4 Å². The molecule has 2 heterocycles. The highest BCUT2D eigenvalue weighted by molar-refractivity contribution is 7.89. The fraction of sp³-hybridized carbons (Fsp3) is 0.556. The van der Waals surface area contributed by atoms with E-state index in [1.807, 2.05) is 27.7 Å². The molecule has 0 unspecified atom stereocenters. The van der Waals surface area contributed by atoms with Gasteiger partial charge in [-0.25, -0.2) is 16.8 Å². The Kier molecular flexibility index (Phi) is 17.0.